The number of aromatic nitrogens is 2. The fourth-order valence-electron chi connectivity index (χ4n) is 3.54. The highest BCUT2D eigenvalue weighted by atomic mass is 32.1. The third-order valence-corrected chi connectivity index (χ3v) is 5.74. The lowest BCUT2D eigenvalue weighted by Crippen LogP contribution is -2.37. The largest absolute Gasteiger partial charge is 0.333 e. The second-order valence-corrected chi connectivity index (χ2v) is 8.08. The quantitative estimate of drug-likeness (QED) is 0.889. The molecule has 2 aromatic heterocycles. The van der Waals surface area contributed by atoms with E-state index in [2.05, 4.69) is 35.6 Å². The summed E-state index contributed by atoms with van der Waals surface area (Å²) in [5.41, 5.74) is 4.88. The van der Waals surface area contributed by atoms with Crippen LogP contribution in [0.2, 0.25) is 0 Å². The van der Waals surface area contributed by atoms with Crippen LogP contribution in [0.1, 0.15) is 58.1 Å². The fraction of sp³-hybridized carbons (Fsp3) is 0.556. The molecule has 0 saturated heterocycles. The second kappa shape index (κ2) is 6.97. The van der Waals surface area contributed by atoms with Gasteiger partial charge in [0.25, 0.3) is 0 Å². The average molecular weight is 347 g/mol. The highest BCUT2D eigenvalue weighted by Crippen LogP contribution is 2.26. The van der Waals surface area contributed by atoms with Crippen molar-refractivity contribution in [2.45, 2.75) is 59.0 Å². The molecule has 3 rings (SSSR count). The number of carbonyl (C=O) groups excluding carboxylic acids is 1. The van der Waals surface area contributed by atoms with Crippen molar-refractivity contribution in [3.8, 4) is 0 Å². The molecule has 0 saturated carbocycles. The lowest BCUT2D eigenvalue weighted by atomic mass is 9.96. The maximum absolute atomic E-state index is 12.3. The summed E-state index contributed by atoms with van der Waals surface area (Å²) in [4.78, 5) is 14.8. The zero-order valence-corrected chi connectivity index (χ0v) is 15.7. The molecule has 0 fully saturated rings. The fourth-order valence-corrected chi connectivity index (χ4v) is 4.56. The highest BCUT2D eigenvalue weighted by Gasteiger charge is 2.20. The Morgan fingerprint density at radius 1 is 1.38 bits per heavy atom. The number of fused-ring (bicyclic) bond motifs is 1. The minimum atomic E-state index is -0.128. The van der Waals surface area contributed by atoms with Gasteiger partial charge in [0.1, 0.15) is 0 Å². The lowest BCUT2D eigenvalue weighted by Gasteiger charge is -2.16. The Morgan fingerprint density at radius 3 is 2.83 bits per heavy atom. The predicted molar refractivity (Wildman–Crippen MR) is 97.4 cm³/mol. The van der Waals surface area contributed by atoms with Crippen molar-refractivity contribution < 1.29 is 4.79 Å². The normalized spacial score (nSPS) is 15.0. The van der Waals surface area contributed by atoms with Crippen molar-refractivity contribution in [1.29, 1.82) is 0 Å². The van der Waals surface area contributed by atoms with Gasteiger partial charge in [-0.3, -0.25) is 4.68 Å². The zero-order valence-electron chi connectivity index (χ0n) is 14.9. The van der Waals surface area contributed by atoms with E-state index >= 15 is 0 Å². The van der Waals surface area contributed by atoms with Crippen molar-refractivity contribution in [3.63, 3.8) is 0 Å². The van der Waals surface area contributed by atoms with Crippen LogP contribution < -0.4 is 10.6 Å². The molecule has 2 aromatic rings. The Kier molecular flexibility index (Phi) is 4.94. The van der Waals surface area contributed by atoms with E-state index in [1.54, 1.807) is 11.3 Å². The molecule has 1 unspecified atom stereocenters. The van der Waals surface area contributed by atoms with Crippen LogP contribution in [0.3, 0.4) is 0 Å². The topological polar surface area (TPSA) is 59.0 Å². The Labute approximate surface area is 147 Å². The van der Waals surface area contributed by atoms with Gasteiger partial charge in [-0.25, -0.2) is 4.79 Å². The molecule has 1 aliphatic carbocycles. The number of nitrogens with one attached hydrogen (secondary N) is 2. The summed E-state index contributed by atoms with van der Waals surface area (Å²) in [5, 5.41) is 10.6. The number of hydrogen-bond acceptors (Lipinski definition) is 3. The maximum Gasteiger partial charge on any atom is 0.315 e. The number of hydrogen-bond donors (Lipinski definition) is 2. The van der Waals surface area contributed by atoms with Crippen molar-refractivity contribution in [2.75, 3.05) is 0 Å². The van der Waals surface area contributed by atoms with E-state index in [-0.39, 0.29) is 12.1 Å². The van der Waals surface area contributed by atoms with Crippen molar-refractivity contribution >= 4 is 17.4 Å². The first-order valence-electron chi connectivity index (χ1n) is 8.60. The van der Waals surface area contributed by atoms with Gasteiger partial charge in [-0.15, -0.1) is 11.3 Å². The van der Waals surface area contributed by atoms with Crippen LogP contribution in [-0.4, -0.2) is 15.8 Å². The summed E-state index contributed by atoms with van der Waals surface area (Å²) in [7, 11) is 1.97. The molecule has 1 aliphatic rings. The van der Waals surface area contributed by atoms with Crippen LogP contribution in [-0.2, 0) is 26.4 Å². The zero-order chi connectivity index (χ0) is 17.3. The van der Waals surface area contributed by atoms with E-state index in [9.17, 15) is 4.79 Å². The second-order valence-electron chi connectivity index (χ2n) is 6.62. The Bertz CT molecular complexity index is 747. The Morgan fingerprint density at radius 2 is 2.12 bits per heavy atom. The number of thiophene rings is 1. The van der Waals surface area contributed by atoms with Crippen LogP contribution in [0.15, 0.2) is 6.07 Å². The first-order valence-corrected chi connectivity index (χ1v) is 9.42. The smallest absolute Gasteiger partial charge is 0.315 e. The first-order chi connectivity index (χ1) is 11.5. The molecule has 0 radical (unpaired) electrons. The number of amides is 2. The Balaban J connectivity index is 1.60. The van der Waals surface area contributed by atoms with Gasteiger partial charge in [-0.05, 0) is 63.6 Å². The monoisotopic (exact) mass is 346 g/mol. The molecular weight excluding hydrogens is 320 g/mol. The van der Waals surface area contributed by atoms with E-state index in [1.807, 2.05) is 18.7 Å². The summed E-state index contributed by atoms with van der Waals surface area (Å²) >= 11 is 1.77. The number of urea groups is 1. The predicted octanol–water partition coefficient (Wildman–Crippen LogP) is 3.54. The minimum Gasteiger partial charge on any atom is -0.333 e. The third-order valence-electron chi connectivity index (χ3n) is 4.76. The molecule has 0 aliphatic heterocycles. The molecule has 5 nitrogen and oxygen atoms in total. The van der Waals surface area contributed by atoms with Gasteiger partial charge in [0.2, 0.25) is 0 Å². The molecule has 1 atom stereocenters. The molecule has 130 valence electrons. The molecule has 2 heterocycles. The van der Waals surface area contributed by atoms with Crippen molar-refractivity contribution in [2.24, 2.45) is 7.05 Å². The van der Waals surface area contributed by atoms with E-state index < -0.39 is 0 Å². The highest BCUT2D eigenvalue weighted by molar-refractivity contribution is 7.12. The molecule has 0 spiro atoms. The van der Waals surface area contributed by atoms with Crippen LogP contribution >= 0.6 is 11.3 Å². The Hall–Kier alpha value is -1.82. The van der Waals surface area contributed by atoms with Gasteiger partial charge >= 0.3 is 6.03 Å². The molecular formula is C18H26N4OS. The van der Waals surface area contributed by atoms with Gasteiger partial charge in [0.15, 0.2) is 0 Å². The van der Waals surface area contributed by atoms with Crippen LogP contribution in [0.4, 0.5) is 4.79 Å². The van der Waals surface area contributed by atoms with Crippen LogP contribution in [0, 0.1) is 13.8 Å². The van der Waals surface area contributed by atoms with Gasteiger partial charge in [0.05, 0.1) is 24.0 Å². The van der Waals surface area contributed by atoms with Gasteiger partial charge in [-0.1, -0.05) is 0 Å². The summed E-state index contributed by atoms with van der Waals surface area (Å²) in [6, 6.07) is 2.04. The average Bonchev–Trinajstić information content (AvgIpc) is 3.03. The van der Waals surface area contributed by atoms with Crippen LogP contribution in [0.5, 0.6) is 0 Å². The number of rotatable bonds is 4. The van der Waals surface area contributed by atoms with Gasteiger partial charge in [-0.2, -0.15) is 5.10 Å². The summed E-state index contributed by atoms with van der Waals surface area (Å²) in [6.45, 7) is 6.75. The first kappa shape index (κ1) is 17.0. The van der Waals surface area contributed by atoms with E-state index in [0.717, 1.165) is 18.5 Å². The minimum absolute atomic E-state index is 0.00963. The summed E-state index contributed by atoms with van der Waals surface area (Å²) in [5.74, 6) is 0. The summed E-state index contributed by atoms with van der Waals surface area (Å²) < 4.78 is 1.92. The number of carbonyl (C=O) groups is 1. The molecule has 0 aromatic carbocycles. The van der Waals surface area contributed by atoms with Crippen molar-refractivity contribution in [1.82, 2.24) is 20.4 Å². The lowest BCUT2D eigenvalue weighted by molar-refractivity contribution is 0.237. The third kappa shape index (κ3) is 3.48. The number of nitrogens with zero attached hydrogens (tertiary/aromatic N) is 2. The van der Waals surface area contributed by atoms with Gasteiger partial charge in [0, 0.05) is 16.8 Å². The van der Waals surface area contributed by atoms with E-state index in [4.69, 9.17) is 0 Å². The molecule has 2 N–H and O–H groups in total. The molecule has 2 amide bonds. The maximum atomic E-state index is 12.3. The van der Waals surface area contributed by atoms with E-state index in [0.29, 0.717) is 6.54 Å². The molecule has 0 bridgehead atoms. The number of aryl methyl sites for hydroxylation is 4. The SMILES string of the molecule is Cc1cc(C(C)NC(=O)NCc2c3c(nn2C)CCCC3)c(C)s1. The molecule has 24 heavy (non-hydrogen) atoms. The standard InChI is InChI=1S/C18H26N4OS/c1-11-9-15(13(3)24-11)12(2)20-18(23)19-10-17-14-7-5-6-8-16(14)21-22(17)4/h9,12H,5-8,10H2,1-4H3,(H2,19,20,23). The summed E-state index contributed by atoms with van der Waals surface area (Å²) in [6.07, 6.45) is 4.56. The van der Waals surface area contributed by atoms with Crippen LogP contribution in [0.25, 0.3) is 0 Å². The van der Waals surface area contributed by atoms with Gasteiger partial charge < -0.3 is 10.6 Å². The molecule has 6 heteroatoms. The van der Waals surface area contributed by atoms with Crippen molar-refractivity contribution in [3.05, 3.63) is 38.3 Å². The van der Waals surface area contributed by atoms with E-state index in [1.165, 1.54) is 39.4 Å².